The zero-order valence-corrected chi connectivity index (χ0v) is 17.4. The fraction of sp³-hybridized carbons (Fsp3) is 0.261. The molecule has 1 aliphatic heterocycles. The lowest BCUT2D eigenvalue weighted by Gasteiger charge is -2.26. The second-order valence-electron chi connectivity index (χ2n) is 7.14. The molecule has 0 unspecified atom stereocenters. The van der Waals surface area contributed by atoms with E-state index in [-0.39, 0.29) is 11.8 Å². The fourth-order valence-electron chi connectivity index (χ4n) is 3.33. The van der Waals surface area contributed by atoms with Crippen LogP contribution in [0.1, 0.15) is 40.9 Å². The first-order chi connectivity index (χ1) is 14.7. The number of hydrogen-bond acceptors (Lipinski definition) is 5. The molecule has 0 saturated carbocycles. The maximum absolute atomic E-state index is 12.4. The molecule has 154 valence electrons. The van der Waals surface area contributed by atoms with E-state index in [0.717, 1.165) is 36.3 Å². The summed E-state index contributed by atoms with van der Waals surface area (Å²) in [4.78, 5) is 30.5. The van der Waals surface area contributed by atoms with Crippen LogP contribution in [-0.4, -0.2) is 23.3 Å². The number of nitrogens with zero attached hydrogens (tertiary/aromatic N) is 2. The van der Waals surface area contributed by atoms with Gasteiger partial charge < -0.3 is 15.0 Å². The Hall–Kier alpha value is -3.19. The molecule has 7 heteroatoms. The second-order valence-corrected chi connectivity index (χ2v) is 7.86. The van der Waals surface area contributed by atoms with Gasteiger partial charge in [-0.1, -0.05) is 12.1 Å². The van der Waals surface area contributed by atoms with Crippen molar-refractivity contribution in [1.29, 1.82) is 0 Å². The molecule has 1 aliphatic rings. The largest absolute Gasteiger partial charge is 0.487 e. The molecule has 2 aromatic carbocycles. The molecule has 3 aromatic rings. The van der Waals surface area contributed by atoms with Gasteiger partial charge in [-0.25, -0.2) is 4.98 Å². The third-order valence-corrected chi connectivity index (χ3v) is 5.65. The number of amides is 2. The fourth-order valence-corrected chi connectivity index (χ4v) is 3.87. The van der Waals surface area contributed by atoms with Crippen LogP contribution in [0.4, 0.5) is 5.69 Å². The number of rotatable bonds is 7. The number of aromatic nitrogens is 1. The summed E-state index contributed by atoms with van der Waals surface area (Å²) in [5, 5.41) is 4.87. The molecule has 30 heavy (non-hydrogen) atoms. The molecule has 0 atom stereocenters. The summed E-state index contributed by atoms with van der Waals surface area (Å²) in [6.07, 6.45) is 2.63. The quantitative estimate of drug-likeness (QED) is 0.622. The van der Waals surface area contributed by atoms with E-state index in [0.29, 0.717) is 30.9 Å². The molecule has 0 spiro atoms. The Balaban J connectivity index is 1.28. The van der Waals surface area contributed by atoms with Gasteiger partial charge in [0.1, 0.15) is 12.4 Å². The Kier molecular flexibility index (Phi) is 6.39. The van der Waals surface area contributed by atoms with E-state index in [4.69, 9.17) is 4.74 Å². The molecule has 6 nitrogen and oxygen atoms in total. The maximum Gasteiger partial charge on any atom is 0.251 e. The molecule has 1 N–H and O–H groups in total. The first-order valence-electron chi connectivity index (χ1n) is 9.96. The Labute approximate surface area is 179 Å². The van der Waals surface area contributed by atoms with E-state index in [2.05, 4.69) is 10.3 Å². The Morgan fingerprint density at radius 3 is 2.60 bits per heavy atom. The molecular formula is C23H23N3O3S. The van der Waals surface area contributed by atoms with Gasteiger partial charge in [0.2, 0.25) is 5.91 Å². The van der Waals surface area contributed by atoms with Crippen LogP contribution in [0.2, 0.25) is 0 Å². The Bertz CT molecular complexity index is 986. The lowest BCUT2D eigenvalue weighted by Crippen LogP contribution is -2.35. The van der Waals surface area contributed by atoms with E-state index in [1.807, 2.05) is 34.5 Å². The highest BCUT2D eigenvalue weighted by Crippen LogP contribution is 2.21. The minimum absolute atomic E-state index is 0.142. The number of nitrogens with one attached hydrogen (secondary N) is 1. The summed E-state index contributed by atoms with van der Waals surface area (Å²) in [5.74, 6) is 0.736. The van der Waals surface area contributed by atoms with Crippen molar-refractivity contribution < 1.29 is 14.3 Å². The molecule has 0 bridgehead atoms. The monoisotopic (exact) mass is 421 g/mol. The van der Waals surface area contributed by atoms with Crippen LogP contribution in [-0.2, 0) is 17.9 Å². The highest BCUT2D eigenvalue weighted by molar-refractivity contribution is 7.07. The molecule has 2 amide bonds. The number of piperidine rings is 1. The third kappa shape index (κ3) is 5.04. The number of hydrogen-bond donors (Lipinski definition) is 1. The van der Waals surface area contributed by atoms with Gasteiger partial charge in [-0.05, 0) is 54.8 Å². The summed E-state index contributed by atoms with van der Waals surface area (Å²) in [5.41, 5.74) is 5.14. The molecular weight excluding hydrogens is 398 g/mol. The molecule has 4 rings (SSSR count). The van der Waals surface area contributed by atoms with Gasteiger partial charge in [-0.15, -0.1) is 11.3 Å². The smallest absolute Gasteiger partial charge is 0.251 e. The van der Waals surface area contributed by atoms with E-state index in [9.17, 15) is 9.59 Å². The number of anilines is 1. The van der Waals surface area contributed by atoms with Crippen molar-refractivity contribution in [3.8, 4) is 5.75 Å². The van der Waals surface area contributed by atoms with Crippen molar-refractivity contribution in [2.45, 2.75) is 32.4 Å². The van der Waals surface area contributed by atoms with Crippen molar-refractivity contribution in [3.63, 3.8) is 0 Å². The van der Waals surface area contributed by atoms with E-state index >= 15 is 0 Å². The van der Waals surface area contributed by atoms with Crippen LogP contribution in [0.25, 0.3) is 0 Å². The summed E-state index contributed by atoms with van der Waals surface area (Å²) < 4.78 is 5.67. The number of ether oxygens (including phenoxy) is 1. The number of thiazole rings is 1. The average Bonchev–Trinajstić information content (AvgIpc) is 3.31. The second kappa shape index (κ2) is 9.54. The van der Waals surface area contributed by atoms with Gasteiger partial charge in [0.25, 0.3) is 5.91 Å². The topological polar surface area (TPSA) is 71.5 Å². The van der Waals surface area contributed by atoms with Gasteiger partial charge in [0.15, 0.2) is 0 Å². The predicted octanol–water partition coefficient (Wildman–Crippen LogP) is 4.17. The van der Waals surface area contributed by atoms with Crippen molar-refractivity contribution >= 4 is 28.8 Å². The van der Waals surface area contributed by atoms with Crippen LogP contribution in [0, 0.1) is 0 Å². The van der Waals surface area contributed by atoms with Gasteiger partial charge in [0.05, 0.1) is 11.2 Å². The van der Waals surface area contributed by atoms with Gasteiger partial charge >= 0.3 is 0 Å². The molecule has 2 heterocycles. The maximum atomic E-state index is 12.4. The highest BCUT2D eigenvalue weighted by atomic mass is 32.1. The van der Waals surface area contributed by atoms with Crippen LogP contribution in [0.3, 0.4) is 0 Å². The number of carbonyl (C=O) groups is 2. The van der Waals surface area contributed by atoms with Crippen molar-refractivity contribution in [1.82, 2.24) is 10.3 Å². The third-order valence-electron chi connectivity index (χ3n) is 5.01. The van der Waals surface area contributed by atoms with E-state index < -0.39 is 0 Å². The van der Waals surface area contributed by atoms with Gasteiger partial charge in [0, 0.05) is 36.1 Å². The first kappa shape index (κ1) is 20.1. The van der Waals surface area contributed by atoms with Crippen molar-refractivity contribution in [2.75, 3.05) is 11.4 Å². The number of carbonyl (C=O) groups excluding carboxylic acids is 2. The predicted molar refractivity (Wildman–Crippen MR) is 117 cm³/mol. The van der Waals surface area contributed by atoms with Crippen LogP contribution >= 0.6 is 11.3 Å². The lowest BCUT2D eigenvalue weighted by molar-refractivity contribution is -0.119. The SMILES string of the molecule is O=C(NCc1ccc(N2CCCCC2=O)cc1)c1ccc(OCc2cscn2)cc1. The first-order valence-corrected chi connectivity index (χ1v) is 10.9. The van der Waals surface area contributed by atoms with Crippen molar-refractivity contribution in [3.05, 3.63) is 76.2 Å². The van der Waals surface area contributed by atoms with Crippen LogP contribution in [0.5, 0.6) is 5.75 Å². The van der Waals surface area contributed by atoms with Gasteiger partial charge in [-0.2, -0.15) is 0 Å². The molecule has 0 radical (unpaired) electrons. The summed E-state index contributed by atoms with van der Waals surface area (Å²) in [7, 11) is 0. The summed E-state index contributed by atoms with van der Waals surface area (Å²) in [6.45, 7) is 1.61. The molecule has 1 aromatic heterocycles. The minimum atomic E-state index is -0.142. The summed E-state index contributed by atoms with van der Waals surface area (Å²) in [6, 6.07) is 14.9. The standard InChI is InChI=1S/C23H23N3O3S/c27-22-3-1-2-12-26(22)20-8-4-17(5-9-20)13-24-23(28)18-6-10-21(11-7-18)29-14-19-15-30-16-25-19/h4-11,15-16H,1-3,12-14H2,(H,24,28). The zero-order valence-electron chi connectivity index (χ0n) is 16.5. The van der Waals surface area contributed by atoms with E-state index in [1.54, 1.807) is 29.8 Å². The number of benzene rings is 2. The zero-order chi connectivity index (χ0) is 20.8. The molecule has 1 saturated heterocycles. The lowest BCUT2D eigenvalue weighted by atomic mass is 10.1. The normalized spacial score (nSPS) is 13.9. The van der Waals surface area contributed by atoms with Crippen LogP contribution < -0.4 is 15.0 Å². The van der Waals surface area contributed by atoms with Crippen molar-refractivity contribution in [2.24, 2.45) is 0 Å². The Morgan fingerprint density at radius 2 is 1.90 bits per heavy atom. The summed E-state index contributed by atoms with van der Waals surface area (Å²) >= 11 is 1.53. The van der Waals surface area contributed by atoms with Crippen LogP contribution in [0.15, 0.2) is 59.4 Å². The molecule has 0 aliphatic carbocycles. The minimum Gasteiger partial charge on any atom is -0.487 e. The highest BCUT2D eigenvalue weighted by Gasteiger charge is 2.19. The van der Waals surface area contributed by atoms with E-state index in [1.165, 1.54) is 11.3 Å². The molecule has 1 fully saturated rings. The Morgan fingerprint density at radius 1 is 1.10 bits per heavy atom. The average molecular weight is 422 g/mol. The van der Waals surface area contributed by atoms with Gasteiger partial charge in [-0.3, -0.25) is 9.59 Å².